The van der Waals surface area contributed by atoms with E-state index in [1.807, 2.05) is 0 Å². The first-order chi connectivity index (χ1) is 6.75. The summed E-state index contributed by atoms with van der Waals surface area (Å²) < 4.78 is 0. The van der Waals surface area contributed by atoms with E-state index in [0.29, 0.717) is 6.54 Å². The summed E-state index contributed by atoms with van der Waals surface area (Å²) in [6, 6.07) is 0. The molecule has 0 atom stereocenters. The highest BCUT2D eigenvalue weighted by Crippen LogP contribution is 2.05. The number of thiazole rings is 1. The van der Waals surface area contributed by atoms with Crippen LogP contribution in [0, 0.1) is 15.6 Å². The first-order valence-electron chi connectivity index (χ1n) is 3.60. The molecule has 0 saturated heterocycles. The van der Waals surface area contributed by atoms with Gasteiger partial charge in [0.2, 0.25) is 0 Å². The second-order valence-electron chi connectivity index (χ2n) is 2.42. The van der Waals surface area contributed by atoms with Crippen LogP contribution < -0.4 is 0 Å². The van der Waals surface area contributed by atoms with E-state index < -0.39 is 4.92 Å². The summed E-state index contributed by atoms with van der Waals surface area (Å²) in [6.07, 6.45) is 1.11. The van der Waals surface area contributed by atoms with Gasteiger partial charge in [-0.05, 0) is 4.92 Å². The number of nitrogens with zero attached hydrogens (tertiary/aromatic N) is 5. The molecule has 0 aliphatic heterocycles. The van der Waals surface area contributed by atoms with Crippen molar-refractivity contribution in [3.05, 3.63) is 32.9 Å². The van der Waals surface area contributed by atoms with Gasteiger partial charge in [0, 0.05) is 5.38 Å². The quantitative estimate of drug-likeness (QED) is 0.543. The summed E-state index contributed by atoms with van der Waals surface area (Å²) in [4.78, 5) is 14.8. The fourth-order valence-corrected chi connectivity index (χ4v) is 1.36. The Bertz CT molecular complexity index is 437. The third-order valence-corrected chi connectivity index (χ3v) is 2.04. The maximum absolute atomic E-state index is 10.3. The van der Waals surface area contributed by atoms with Crippen LogP contribution in [0.3, 0.4) is 0 Å². The molecule has 0 saturated carbocycles. The van der Waals surface area contributed by atoms with E-state index in [4.69, 9.17) is 0 Å². The second-order valence-corrected chi connectivity index (χ2v) is 3.07. The van der Waals surface area contributed by atoms with Crippen molar-refractivity contribution in [2.75, 3.05) is 0 Å². The van der Waals surface area contributed by atoms with E-state index in [-0.39, 0.29) is 5.82 Å². The van der Waals surface area contributed by atoms with Gasteiger partial charge in [0.25, 0.3) is 0 Å². The average molecular weight is 210 g/mol. The van der Waals surface area contributed by atoms with Gasteiger partial charge in [-0.1, -0.05) is 4.80 Å². The Morgan fingerprint density at radius 1 is 1.71 bits per heavy atom. The maximum atomic E-state index is 10.3. The first kappa shape index (κ1) is 8.75. The molecule has 0 bridgehead atoms. The molecule has 2 rings (SSSR count). The van der Waals surface area contributed by atoms with E-state index in [0.717, 1.165) is 11.9 Å². The van der Waals surface area contributed by atoms with Gasteiger partial charge in [-0.2, -0.15) is 0 Å². The van der Waals surface area contributed by atoms with Crippen LogP contribution in [0.4, 0.5) is 5.82 Å². The topological polar surface area (TPSA) is 86.7 Å². The number of nitro groups is 1. The van der Waals surface area contributed by atoms with Crippen LogP contribution in [-0.2, 0) is 6.54 Å². The highest BCUT2D eigenvalue weighted by atomic mass is 32.1. The monoisotopic (exact) mass is 210 g/mol. The van der Waals surface area contributed by atoms with E-state index in [2.05, 4.69) is 20.7 Å². The Kier molecular flexibility index (Phi) is 2.19. The van der Waals surface area contributed by atoms with Crippen LogP contribution in [0.25, 0.3) is 0 Å². The number of hydrogen-bond donors (Lipinski definition) is 0. The Labute approximate surface area is 82.2 Å². The molecule has 0 spiro atoms. The van der Waals surface area contributed by atoms with Crippen LogP contribution in [-0.4, -0.2) is 24.9 Å². The van der Waals surface area contributed by atoms with Gasteiger partial charge in [-0.3, -0.25) is 0 Å². The normalized spacial score (nSPS) is 10.3. The summed E-state index contributed by atoms with van der Waals surface area (Å²) in [7, 11) is 0. The van der Waals surface area contributed by atoms with Crippen LogP contribution in [0.5, 0.6) is 0 Å². The molecular formula is C6H4N5O2S. The van der Waals surface area contributed by atoms with E-state index in [9.17, 15) is 10.1 Å². The SMILES string of the molecule is O=[N+]([O-])c1cnn(Cc2cs[c]n2)n1. The minimum atomic E-state index is -0.587. The molecule has 0 amide bonds. The molecule has 2 heterocycles. The standard InChI is InChI=1S/C6H4N5O2S/c12-11(13)6-1-8-10(9-6)2-5-3-14-4-7-5/h1,3H,2H2. The summed E-state index contributed by atoms with van der Waals surface area (Å²) in [5.74, 6) is -0.260. The first-order valence-corrected chi connectivity index (χ1v) is 4.48. The minimum Gasteiger partial charge on any atom is -0.358 e. The minimum absolute atomic E-state index is 0.260. The lowest BCUT2D eigenvalue weighted by Gasteiger charge is -1.88. The van der Waals surface area contributed by atoms with E-state index >= 15 is 0 Å². The summed E-state index contributed by atoms with van der Waals surface area (Å²) >= 11 is 1.33. The van der Waals surface area contributed by atoms with Crippen LogP contribution >= 0.6 is 11.3 Å². The Balaban J connectivity index is 2.14. The van der Waals surface area contributed by atoms with Crippen molar-refractivity contribution < 1.29 is 4.92 Å². The van der Waals surface area contributed by atoms with Crippen molar-refractivity contribution in [3.8, 4) is 0 Å². The number of aromatic nitrogens is 4. The van der Waals surface area contributed by atoms with Crippen LogP contribution in [0.1, 0.15) is 5.69 Å². The molecule has 8 heteroatoms. The van der Waals surface area contributed by atoms with E-state index in [1.54, 1.807) is 5.38 Å². The predicted molar refractivity (Wildman–Crippen MR) is 46.7 cm³/mol. The average Bonchev–Trinajstić information content (AvgIpc) is 2.75. The molecule has 2 aromatic rings. The summed E-state index contributed by atoms with van der Waals surface area (Å²) in [5, 5.41) is 19.4. The molecule has 0 unspecified atom stereocenters. The molecule has 2 aromatic heterocycles. The lowest BCUT2D eigenvalue weighted by molar-refractivity contribution is -0.389. The van der Waals surface area contributed by atoms with Crippen molar-refractivity contribution >= 4 is 17.2 Å². The summed E-state index contributed by atoms with van der Waals surface area (Å²) in [6.45, 7) is 0.327. The Morgan fingerprint density at radius 3 is 3.14 bits per heavy atom. The van der Waals surface area contributed by atoms with Gasteiger partial charge >= 0.3 is 5.82 Å². The largest absolute Gasteiger partial charge is 0.410 e. The van der Waals surface area contributed by atoms with Gasteiger partial charge in [0.05, 0.1) is 10.8 Å². The molecular weight excluding hydrogens is 206 g/mol. The zero-order valence-electron chi connectivity index (χ0n) is 6.82. The Morgan fingerprint density at radius 2 is 2.57 bits per heavy atom. The molecule has 0 aromatic carbocycles. The molecule has 0 fully saturated rings. The van der Waals surface area contributed by atoms with Crippen molar-refractivity contribution in [1.82, 2.24) is 20.0 Å². The molecule has 14 heavy (non-hydrogen) atoms. The van der Waals surface area contributed by atoms with Gasteiger partial charge in [-0.15, -0.1) is 16.4 Å². The second kappa shape index (κ2) is 3.50. The summed E-state index contributed by atoms with van der Waals surface area (Å²) in [5.41, 5.74) is 3.41. The van der Waals surface area contributed by atoms with Crippen molar-refractivity contribution in [2.45, 2.75) is 6.54 Å². The highest BCUT2D eigenvalue weighted by Gasteiger charge is 2.12. The zero-order chi connectivity index (χ0) is 9.97. The zero-order valence-corrected chi connectivity index (χ0v) is 7.64. The van der Waals surface area contributed by atoms with E-state index in [1.165, 1.54) is 16.1 Å². The Hall–Kier alpha value is -1.83. The van der Waals surface area contributed by atoms with Crippen LogP contribution in [0.15, 0.2) is 11.6 Å². The van der Waals surface area contributed by atoms with Gasteiger partial charge in [0.15, 0.2) is 11.7 Å². The predicted octanol–water partition coefficient (Wildman–Crippen LogP) is 0.491. The van der Waals surface area contributed by atoms with Gasteiger partial charge in [0.1, 0.15) is 6.54 Å². The fourth-order valence-electron chi connectivity index (χ4n) is 0.871. The lowest BCUT2D eigenvalue weighted by Crippen LogP contribution is -2.04. The van der Waals surface area contributed by atoms with Crippen molar-refractivity contribution in [1.29, 1.82) is 0 Å². The molecule has 0 aliphatic rings. The van der Waals surface area contributed by atoms with Gasteiger partial charge < -0.3 is 10.1 Å². The molecule has 1 radical (unpaired) electrons. The van der Waals surface area contributed by atoms with Crippen LogP contribution in [0.2, 0.25) is 0 Å². The third-order valence-electron chi connectivity index (χ3n) is 1.45. The molecule has 0 aliphatic carbocycles. The smallest absolute Gasteiger partial charge is 0.358 e. The molecule has 71 valence electrons. The highest BCUT2D eigenvalue weighted by molar-refractivity contribution is 7.07. The molecule has 0 N–H and O–H groups in total. The third kappa shape index (κ3) is 1.74. The molecule has 7 nitrogen and oxygen atoms in total. The maximum Gasteiger partial charge on any atom is 0.410 e. The van der Waals surface area contributed by atoms with Crippen molar-refractivity contribution in [2.24, 2.45) is 0 Å². The number of hydrogen-bond acceptors (Lipinski definition) is 6. The van der Waals surface area contributed by atoms with Crippen molar-refractivity contribution in [3.63, 3.8) is 0 Å². The van der Waals surface area contributed by atoms with Gasteiger partial charge in [-0.25, -0.2) is 4.98 Å². The number of rotatable bonds is 3. The fraction of sp³-hybridized carbons (Fsp3) is 0.167. The lowest BCUT2D eigenvalue weighted by atomic mass is 10.5.